The third kappa shape index (κ3) is 3.64. The van der Waals surface area contributed by atoms with Crippen molar-refractivity contribution in [2.24, 2.45) is 0 Å². The Hall–Kier alpha value is -2.93. The van der Waals surface area contributed by atoms with E-state index in [1.807, 2.05) is 0 Å². The van der Waals surface area contributed by atoms with Crippen LogP contribution in [0.1, 0.15) is 26.3 Å². The maximum absolute atomic E-state index is 12.2. The summed E-state index contributed by atoms with van der Waals surface area (Å²) < 4.78 is 0. The molecule has 2 aromatic carbocycles. The van der Waals surface area contributed by atoms with Crippen molar-refractivity contribution in [3.63, 3.8) is 0 Å². The highest BCUT2D eigenvalue weighted by atomic mass is 35.5. The van der Waals surface area contributed by atoms with Crippen LogP contribution in [-0.4, -0.2) is 21.9 Å². The molecule has 8 heteroatoms. The van der Waals surface area contributed by atoms with Gasteiger partial charge in [-0.3, -0.25) is 14.9 Å². The summed E-state index contributed by atoms with van der Waals surface area (Å²) in [6.45, 7) is 1.64. The first-order chi connectivity index (χ1) is 10.8. The van der Waals surface area contributed by atoms with Crippen molar-refractivity contribution < 1.29 is 19.6 Å². The molecule has 23 heavy (non-hydrogen) atoms. The van der Waals surface area contributed by atoms with Gasteiger partial charge in [-0.05, 0) is 36.8 Å². The number of benzene rings is 2. The smallest absolute Gasteiger partial charge is 0.335 e. The molecule has 0 spiro atoms. The standard InChI is InChI=1S/C15H11ClN2O5/c1-8-6-9(15(20)21)2-5-13(8)17-14(19)11-7-10(18(22)23)3-4-12(11)16/h2-7H,1H3,(H,17,19)(H,20,21). The zero-order valence-corrected chi connectivity index (χ0v) is 12.6. The van der Waals surface area contributed by atoms with Crippen LogP contribution in [0.5, 0.6) is 0 Å². The molecule has 0 atom stereocenters. The summed E-state index contributed by atoms with van der Waals surface area (Å²) in [6, 6.07) is 7.76. The summed E-state index contributed by atoms with van der Waals surface area (Å²) in [5, 5.41) is 22.3. The number of carbonyl (C=O) groups is 2. The number of nitrogens with zero attached hydrogens (tertiary/aromatic N) is 1. The second-order valence-corrected chi connectivity index (χ2v) is 5.12. The Labute approximate surface area is 135 Å². The van der Waals surface area contributed by atoms with Gasteiger partial charge in [0, 0.05) is 17.8 Å². The molecular formula is C15H11ClN2O5. The zero-order valence-electron chi connectivity index (χ0n) is 11.9. The lowest BCUT2D eigenvalue weighted by atomic mass is 10.1. The van der Waals surface area contributed by atoms with E-state index < -0.39 is 16.8 Å². The highest BCUT2D eigenvalue weighted by Gasteiger charge is 2.17. The lowest BCUT2D eigenvalue weighted by Crippen LogP contribution is -2.14. The Kier molecular flexibility index (Phi) is 4.61. The van der Waals surface area contributed by atoms with Crippen LogP contribution in [0.3, 0.4) is 0 Å². The van der Waals surface area contributed by atoms with Gasteiger partial charge in [-0.25, -0.2) is 4.79 Å². The van der Waals surface area contributed by atoms with Gasteiger partial charge in [0.2, 0.25) is 0 Å². The lowest BCUT2D eigenvalue weighted by molar-refractivity contribution is -0.384. The van der Waals surface area contributed by atoms with E-state index in [-0.39, 0.29) is 21.8 Å². The maximum Gasteiger partial charge on any atom is 0.335 e. The van der Waals surface area contributed by atoms with Gasteiger partial charge in [0.25, 0.3) is 11.6 Å². The Morgan fingerprint density at radius 3 is 2.48 bits per heavy atom. The van der Waals surface area contributed by atoms with Crippen molar-refractivity contribution in [1.29, 1.82) is 0 Å². The molecular weight excluding hydrogens is 324 g/mol. The molecule has 0 aliphatic rings. The Balaban J connectivity index is 2.31. The van der Waals surface area contributed by atoms with E-state index in [0.717, 1.165) is 6.07 Å². The number of aryl methyl sites for hydroxylation is 1. The van der Waals surface area contributed by atoms with Gasteiger partial charge in [0.05, 0.1) is 21.1 Å². The normalized spacial score (nSPS) is 10.2. The topological polar surface area (TPSA) is 110 Å². The minimum atomic E-state index is -1.08. The van der Waals surface area contributed by atoms with Crippen LogP contribution < -0.4 is 5.32 Å². The molecule has 0 unspecified atom stereocenters. The van der Waals surface area contributed by atoms with Crippen LogP contribution in [0, 0.1) is 17.0 Å². The third-order valence-corrected chi connectivity index (χ3v) is 3.46. The number of amides is 1. The van der Waals surface area contributed by atoms with Gasteiger partial charge >= 0.3 is 5.97 Å². The fourth-order valence-electron chi connectivity index (χ4n) is 1.93. The van der Waals surface area contributed by atoms with E-state index >= 15 is 0 Å². The number of carboxylic acid groups (broad SMARTS) is 1. The van der Waals surface area contributed by atoms with Crippen molar-refractivity contribution in [2.75, 3.05) is 5.32 Å². The second-order valence-electron chi connectivity index (χ2n) is 4.71. The predicted octanol–water partition coefficient (Wildman–Crippen LogP) is 3.51. The number of hydrogen-bond donors (Lipinski definition) is 2. The number of carbonyl (C=O) groups excluding carboxylic acids is 1. The number of non-ortho nitro benzene ring substituents is 1. The number of aromatic carboxylic acids is 1. The molecule has 2 aromatic rings. The molecule has 7 nitrogen and oxygen atoms in total. The number of carboxylic acids is 1. The Morgan fingerprint density at radius 1 is 1.22 bits per heavy atom. The van der Waals surface area contributed by atoms with E-state index in [0.29, 0.717) is 11.3 Å². The predicted molar refractivity (Wildman–Crippen MR) is 84.2 cm³/mol. The van der Waals surface area contributed by atoms with E-state index in [1.54, 1.807) is 6.92 Å². The third-order valence-electron chi connectivity index (χ3n) is 3.13. The van der Waals surface area contributed by atoms with Crippen molar-refractivity contribution >= 4 is 34.9 Å². The van der Waals surface area contributed by atoms with Crippen LogP contribution in [0.4, 0.5) is 11.4 Å². The fraction of sp³-hybridized carbons (Fsp3) is 0.0667. The minimum absolute atomic E-state index is 0.0393. The van der Waals surface area contributed by atoms with Gasteiger partial charge < -0.3 is 10.4 Å². The van der Waals surface area contributed by atoms with E-state index in [1.165, 1.54) is 30.3 Å². The second kappa shape index (κ2) is 6.45. The Morgan fingerprint density at radius 2 is 1.91 bits per heavy atom. The summed E-state index contributed by atoms with van der Waals surface area (Å²) in [4.78, 5) is 33.3. The summed E-state index contributed by atoms with van der Waals surface area (Å²) in [5.74, 6) is -1.70. The van der Waals surface area contributed by atoms with Crippen LogP contribution in [-0.2, 0) is 0 Å². The van der Waals surface area contributed by atoms with Crippen molar-refractivity contribution in [2.45, 2.75) is 6.92 Å². The van der Waals surface area contributed by atoms with Gasteiger partial charge in [0.15, 0.2) is 0 Å². The molecule has 0 aliphatic heterocycles. The number of rotatable bonds is 4. The summed E-state index contributed by atoms with van der Waals surface area (Å²) in [5.41, 5.74) is 0.733. The lowest BCUT2D eigenvalue weighted by Gasteiger charge is -2.10. The average Bonchev–Trinajstić information content (AvgIpc) is 2.49. The van der Waals surface area contributed by atoms with Crippen molar-refractivity contribution in [1.82, 2.24) is 0 Å². The van der Waals surface area contributed by atoms with Gasteiger partial charge in [-0.15, -0.1) is 0 Å². The number of nitro groups is 1. The first-order valence-corrected chi connectivity index (χ1v) is 6.76. The highest BCUT2D eigenvalue weighted by Crippen LogP contribution is 2.24. The monoisotopic (exact) mass is 334 g/mol. The first-order valence-electron chi connectivity index (χ1n) is 6.39. The molecule has 0 aromatic heterocycles. The number of nitrogens with one attached hydrogen (secondary N) is 1. The van der Waals surface area contributed by atoms with E-state index in [4.69, 9.17) is 16.7 Å². The van der Waals surface area contributed by atoms with Gasteiger partial charge in [-0.1, -0.05) is 11.6 Å². The highest BCUT2D eigenvalue weighted by molar-refractivity contribution is 6.34. The number of hydrogen-bond acceptors (Lipinski definition) is 4. The molecule has 118 valence electrons. The average molecular weight is 335 g/mol. The zero-order chi connectivity index (χ0) is 17.1. The number of anilines is 1. The molecule has 0 radical (unpaired) electrons. The molecule has 1 amide bonds. The molecule has 0 heterocycles. The molecule has 0 aliphatic carbocycles. The SMILES string of the molecule is Cc1cc(C(=O)O)ccc1NC(=O)c1cc([N+](=O)[O-])ccc1Cl. The first kappa shape index (κ1) is 16.4. The van der Waals surface area contributed by atoms with Crippen molar-refractivity contribution in [3.05, 3.63) is 68.2 Å². The molecule has 0 saturated heterocycles. The van der Waals surface area contributed by atoms with Gasteiger partial charge in [0.1, 0.15) is 0 Å². The molecule has 2 N–H and O–H groups in total. The van der Waals surface area contributed by atoms with Gasteiger partial charge in [-0.2, -0.15) is 0 Å². The Bertz CT molecular complexity index is 820. The largest absolute Gasteiger partial charge is 0.478 e. The molecule has 0 saturated carbocycles. The summed E-state index contributed by atoms with van der Waals surface area (Å²) >= 11 is 5.91. The molecule has 0 bridgehead atoms. The maximum atomic E-state index is 12.2. The van der Waals surface area contributed by atoms with E-state index in [9.17, 15) is 19.7 Å². The number of nitro benzene ring substituents is 1. The quantitative estimate of drug-likeness (QED) is 0.656. The molecule has 0 fully saturated rings. The minimum Gasteiger partial charge on any atom is -0.478 e. The van der Waals surface area contributed by atoms with Crippen molar-refractivity contribution in [3.8, 4) is 0 Å². The van der Waals surface area contributed by atoms with Crippen LogP contribution in [0.25, 0.3) is 0 Å². The molecule has 2 rings (SSSR count). The number of halogens is 1. The van der Waals surface area contributed by atoms with Crippen LogP contribution in [0.15, 0.2) is 36.4 Å². The summed E-state index contributed by atoms with van der Waals surface area (Å²) in [7, 11) is 0. The van der Waals surface area contributed by atoms with E-state index in [2.05, 4.69) is 5.32 Å². The summed E-state index contributed by atoms with van der Waals surface area (Å²) in [6.07, 6.45) is 0. The van der Waals surface area contributed by atoms with Crippen LogP contribution >= 0.6 is 11.6 Å². The van der Waals surface area contributed by atoms with Crippen LogP contribution in [0.2, 0.25) is 5.02 Å². The fourth-order valence-corrected chi connectivity index (χ4v) is 2.13.